The highest BCUT2D eigenvalue weighted by atomic mass is 32.1. The number of likely N-dealkylation sites (tertiary alicyclic amines) is 1. The Hall–Kier alpha value is -0.950. The first-order chi connectivity index (χ1) is 10.6. The summed E-state index contributed by atoms with van der Waals surface area (Å²) in [7, 11) is 3.60. The van der Waals surface area contributed by atoms with E-state index in [9.17, 15) is 9.90 Å². The molecule has 0 spiro atoms. The van der Waals surface area contributed by atoms with Crippen molar-refractivity contribution < 1.29 is 14.6 Å². The summed E-state index contributed by atoms with van der Waals surface area (Å²) in [5, 5.41) is 12.1. The lowest BCUT2D eigenvalue weighted by atomic mass is 9.96. The van der Waals surface area contributed by atoms with Crippen molar-refractivity contribution in [3.05, 3.63) is 22.4 Å². The number of carbonyl (C=O) groups is 1. The average molecular weight is 326 g/mol. The van der Waals surface area contributed by atoms with Gasteiger partial charge in [-0.1, -0.05) is 6.07 Å². The minimum Gasteiger partial charge on any atom is -0.389 e. The third-order valence-electron chi connectivity index (χ3n) is 3.90. The fourth-order valence-corrected chi connectivity index (χ4v) is 3.47. The molecule has 1 fully saturated rings. The highest BCUT2D eigenvalue weighted by Crippen LogP contribution is 2.18. The number of piperidine rings is 1. The van der Waals surface area contributed by atoms with Crippen molar-refractivity contribution in [3.63, 3.8) is 0 Å². The summed E-state index contributed by atoms with van der Waals surface area (Å²) in [6.45, 7) is 3.14. The number of rotatable bonds is 7. The molecular formula is C16H26N2O3S. The number of hydrogen-bond donors (Lipinski definition) is 1. The van der Waals surface area contributed by atoms with Crippen LogP contribution in [-0.4, -0.2) is 67.3 Å². The van der Waals surface area contributed by atoms with E-state index in [-0.39, 0.29) is 11.8 Å². The van der Waals surface area contributed by atoms with Crippen molar-refractivity contribution in [2.45, 2.75) is 25.6 Å². The van der Waals surface area contributed by atoms with Crippen molar-refractivity contribution >= 4 is 17.2 Å². The zero-order valence-corrected chi connectivity index (χ0v) is 14.2. The summed E-state index contributed by atoms with van der Waals surface area (Å²) < 4.78 is 5.55. The molecule has 2 unspecified atom stereocenters. The van der Waals surface area contributed by atoms with Crippen LogP contribution in [0.25, 0.3) is 0 Å². The van der Waals surface area contributed by atoms with Gasteiger partial charge in [-0.25, -0.2) is 0 Å². The topological polar surface area (TPSA) is 53.0 Å². The molecule has 22 heavy (non-hydrogen) atoms. The van der Waals surface area contributed by atoms with Crippen LogP contribution in [0.15, 0.2) is 17.5 Å². The first kappa shape index (κ1) is 17.4. The molecule has 1 aromatic heterocycles. The Labute approximate surface area is 136 Å². The molecule has 0 bridgehead atoms. The van der Waals surface area contributed by atoms with Gasteiger partial charge in [-0.3, -0.25) is 9.69 Å². The molecule has 1 saturated heterocycles. The van der Waals surface area contributed by atoms with Crippen molar-refractivity contribution in [1.82, 2.24) is 9.80 Å². The molecule has 1 aliphatic heterocycles. The molecule has 6 heteroatoms. The number of ether oxygens (including phenoxy) is 1. The van der Waals surface area contributed by atoms with Gasteiger partial charge in [-0.15, -0.1) is 11.3 Å². The summed E-state index contributed by atoms with van der Waals surface area (Å²) in [5.74, 6) is 0.246. The summed E-state index contributed by atoms with van der Waals surface area (Å²) >= 11 is 1.66. The largest absolute Gasteiger partial charge is 0.389 e. The second-order valence-electron chi connectivity index (χ2n) is 6.08. The van der Waals surface area contributed by atoms with E-state index in [1.165, 1.54) is 4.88 Å². The molecule has 0 saturated carbocycles. The Morgan fingerprint density at radius 2 is 2.41 bits per heavy atom. The number of amides is 1. The summed E-state index contributed by atoms with van der Waals surface area (Å²) in [6.07, 6.45) is 1.44. The van der Waals surface area contributed by atoms with Crippen LogP contribution in [0.5, 0.6) is 0 Å². The van der Waals surface area contributed by atoms with Crippen LogP contribution in [-0.2, 0) is 16.1 Å². The Bertz CT molecular complexity index is 450. The number of aliphatic hydroxyl groups excluding tert-OH is 1. The lowest BCUT2D eigenvalue weighted by Crippen LogP contribution is -2.45. The molecule has 2 atom stereocenters. The zero-order valence-electron chi connectivity index (χ0n) is 13.4. The van der Waals surface area contributed by atoms with Crippen molar-refractivity contribution in [2.24, 2.45) is 5.92 Å². The van der Waals surface area contributed by atoms with E-state index in [0.717, 1.165) is 25.9 Å². The minimum atomic E-state index is -0.506. The van der Waals surface area contributed by atoms with Gasteiger partial charge in [0.1, 0.15) is 0 Å². The Balaban J connectivity index is 1.69. The van der Waals surface area contributed by atoms with Gasteiger partial charge in [0.25, 0.3) is 0 Å². The summed E-state index contributed by atoms with van der Waals surface area (Å²) in [4.78, 5) is 17.1. The third kappa shape index (κ3) is 5.35. The van der Waals surface area contributed by atoms with E-state index in [1.54, 1.807) is 30.3 Å². The molecule has 2 heterocycles. The molecular weight excluding hydrogens is 300 g/mol. The monoisotopic (exact) mass is 326 g/mol. The number of carbonyl (C=O) groups excluding carboxylic acids is 1. The van der Waals surface area contributed by atoms with Crippen LogP contribution in [0.4, 0.5) is 0 Å². The van der Waals surface area contributed by atoms with E-state index < -0.39 is 6.10 Å². The SMILES string of the molecule is CN(C)C(=O)C1CCCN(CC(O)COCc2cccs2)C1. The first-order valence-electron chi connectivity index (χ1n) is 7.78. The fourth-order valence-electron chi connectivity index (χ4n) is 2.83. The maximum absolute atomic E-state index is 12.0. The molecule has 1 N–H and O–H groups in total. The molecule has 5 nitrogen and oxygen atoms in total. The van der Waals surface area contributed by atoms with Crippen LogP contribution < -0.4 is 0 Å². The van der Waals surface area contributed by atoms with Gasteiger partial charge in [-0.2, -0.15) is 0 Å². The van der Waals surface area contributed by atoms with E-state index >= 15 is 0 Å². The second kappa shape index (κ2) is 8.62. The fraction of sp³-hybridized carbons (Fsp3) is 0.688. The number of aliphatic hydroxyl groups is 1. The Morgan fingerprint density at radius 1 is 1.59 bits per heavy atom. The maximum Gasteiger partial charge on any atom is 0.226 e. The van der Waals surface area contributed by atoms with Gasteiger partial charge < -0.3 is 14.7 Å². The smallest absolute Gasteiger partial charge is 0.226 e. The zero-order chi connectivity index (χ0) is 15.9. The Morgan fingerprint density at radius 3 is 3.09 bits per heavy atom. The molecule has 124 valence electrons. The van der Waals surface area contributed by atoms with Crippen LogP contribution in [0.1, 0.15) is 17.7 Å². The normalized spacial score (nSPS) is 20.8. The lowest BCUT2D eigenvalue weighted by Gasteiger charge is -2.34. The number of hydrogen-bond acceptors (Lipinski definition) is 5. The van der Waals surface area contributed by atoms with Gasteiger partial charge in [0.15, 0.2) is 0 Å². The lowest BCUT2D eigenvalue weighted by molar-refractivity contribution is -0.135. The molecule has 1 amide bonds. The van der Waals surface area contributed by atoms with Crippen molar-refractivity contribution in [3.8, 4) is 0 Å². The predicted molar refractivity (Wildman–Crippen MR) is 87.8 cm³/mol. The molecule has 2 rings (SSSR count). The molecule has 1 aliphatic rings. The molecule has 0 aromatic carbocycles. The summed E-state index contributed by atoms with van der Waals surface area (Å²) in [6, 6.07) is 4.02. The average Bonchev–Trinajstić information content (AvgIpc) is 3.00. The van der Waals surface area contributed by atoms with E-state index in [4.69, 9.17) is 4.74 Å². The van der Waals surface area contributed by atoms with E-state index in [2.05, 4.69) is 4.90 Å². The highest BCUT2D eigenvalue weighted by Gasteiger charge is 2.27. The van der Waals surface area contributed by atoms with Gasteiger partial charge in [-0.05, 0) is 30.8 Å². The van der Waals surface area contributed by atoms with Gasteiger partial charge in [0, 0.05) is 32.1 Å². The second-order valence-corrected chi connectivity index (χ2v) is 7.11. The van der Waals surface area contributed by atoms with E-state index in [0.29, 0.717) is 19.8 Å². The van der Waals surface area contributed by atoms with Crippen molar-refractivity contribution in [2.75, 3.05) is 40.3 Å². The standard InChI is InChI=1S/C16H26N2O3S/c1-17(2)16(20)13-5-3-7-18(9-13)10-14(19)11-21-12-15-6-4-8-22-15/h4,6,8,13-14,19H,3,5,7,9-12H2,1-2H3. The quantitative estimate of drug-likeness (QED) is 0.823. The van der Waals surface area contributed by atoms with Gasteiger partial charge in [0.05, 0.1) is 25.2 Å². The van der Waals surface area contributed by atoms with Gasteiger partial charge in [0.2, 0.25) is 5.91 Å². The van der Waals surface area contributed by atoms with E-state index in [1.807, 2.05) is 17.5 Å². The van der Waals surface area contributed by atoms with Crippen LogP contribution >= 0.6 is 11.3 Å². The molecule has 0 radical (unpaired) electrons. The number of thiophene rings is 1. The van der Waals surface area contributed by atoms with Crippen LogP contribution in [0.2, 0.25) is 0 Å². The Kier molecular flexibility index (Phi) is 6.82. The predicted octanol–water partition coefficient (Wildman–Crippen LogP) is 1.43. The van der Waals surface area contributed by atoms with Gasteiger partial charge >= 0.3 is 0 Å². The number of β-amino-alcohol motifs (C(OH)–C–C–N with tert-alkyl or cyclic N) is 1. The molecule has 0 aliphatic carbocycles. The maximum atomic E-state index is 12.0. The number of nitrogens with zero attached hydrogens (tertiary/aromatic N) is 2. The highest BCUT2D eigenvalue weighted by molar-refractivity contribution is 7.09. The summed E-state index contributed by atoms with van der Waals surface area (Å²) in [5.41, 5.74) is 0. The molecule has 1 aromatic rings. The first-order valence-corrected chi connectivity index (χ1v) is 8.66. The van der Waals surface area contributed by atoms with Crippen LogP contribution in [0, 0.1) is 5.92 Å². The van der Waals surface area contributed by atoms with Crippen molar-refractivity contribution in [1.29, 1.82) is 0 Å². The van der Waals surface area contributed by atoms with Crippen LogP contribution in [0.3, 0.4) is 0 Å². The third-order valence-corrected chi connectivity index (χ3v) is 4.75. The minimum absolute atomic E-state index is 0.0583.